The van der Waals surface area contributed by atoms with Crippen LogP contribution in [0.1, 0.15) is 11.7 Å². The standard InChI is InChI=1S/C17H13N5O3S/c1-26-17-19-16(23)14-12-4-2-3-5-13(12)18-15(21(14)20-17)10-6-8-11(9-7-10)22(24)25/h2-9,15H,1H3,(H,19,20,23)/t15-/m0/s1. The Bertz CT molecular complexity index is 1060. The molecule has 0 radical (unpaired) electrons. The summed E-state index contributed by atoms with van der Waals surface area (Å²) in [5.41, 5.74) is 1.12. The minimum absolute atomic E-state index is 0.00106. The van der Waals surface area contributed by atoms with Crippen LogP contribution in [0.4, 0.5) is 5.69 Å². The Labute approximate surface area is 152 Å². The second-order valence-electron chi connectivity index (χ2n) is 5.63. The summed E-state index contributed by atoms with van der Waals surface area (Å²) in [4.78, 5) is 27.8. The number of hydrogen-bond donors (Lipinski definition) is 1. The topological polar surface area (TPSA) is 100 Å². The van der Waals surface area contributed by atoms with Crippen LogP contribution in [-0.2, 0) is 4.79 Å². The first-order chi connectivity index (χ1) is 12.6. The van der Waals surface area contributed by atoms with Gasteiger partial charge in [-0.05, 0) is 30.0 Å². The average molecular weight is 367 g/mol. The summed E-state index contributed by atoms with van der Waals surface area (Å²) >= 11 is 1.32. The molecule has 9 heteroatoms. The Hall–Kier alpha value is -3.20. The van der Waals surface area contributed by atoms with E-state index in [2.05, 4.69) is 10.4 Å². The summed E-state index contributed by atoms with van der Waals surface area (Å²) in [6.45, 7) is 0. The maximum Gasteiger partial charge on any atom is 0.276 e. The molecule has 0 spiro atoms. The van der Waals surface area contributed by atoms with Gasteiger partial charge in [0.1, 0.15) is 5.70 Å². The van der Waals surface area contributed by atoms with Crippen molar-refractivity contribution in [2.24, 2.45) is 10.1 Å². The van der Waals surface area contributed by atoms with E-state index in [1.54, 1.807) is 17.1 Å². The van der Waals surface area contributed by atoms with E-state index >= 15 is 0 Å². The first-order valence-electron chi connectivity index (χ1n) is 7.73. The zero-order chi connectivity index (χ0) is 18.3. The van der Waals surface area contributed by atoms with Crippen LogP contribution in [0, 0.1) is 10.1 Å². The van der Waals surface area contributed by atoms with Gasteiger partial charge in [-0.2, -0.15) is 0 Å². The molecule has 26 heavy (non-hydrogen) atoms. The molecule has 1 amide bonds. The van der Waals surface area contributed by atoms with Crippen molar-refractivity contribution >= 4 is 34.2 Å². The molecular formula is C17H13N5O3S. The van der Waals surface area contributed by atoms with Crippen molar-refractivity contribution in [2.45, 2.75) is 6.17 Å². The number of nitro benzene ring substituents is 1. The van der Waals surface area contributed by atoms with Crippen LogP contribution in [0.25, 0.3) is 5.70 Å². The lowest BCUT2D eigenvalue weighted by atomic mass is 10.1. The van der Waals surface area contributed by atoms with Crippen molar-refractivity contribution in [1.29, 1.82) is 0 Å². The number of hydrogen-bond acceptors (Lipinski definition) is 7. The lowest BCUT2D eigenvalue weighted by molar-refractivity contribution is -0.384. The van der Waals surface area contributed by atoms with Crippen LogP contribution in [0.5, 0.6) is 0 Å². The van der Waals surface area contributed by atoms with Crippen molar-refractivity contribution in [2.75, 3.05) is 6.26 Å². The minimum atomic E-state index is -0.575. The fraction of sp³-hybridized carbons (Fsp3) is 0.118. The van der Waals surface area contributed by atoms with Crippen LogP contribution < -0.4 is 15.9 Å². The largest absolute Gasteiger partial charge is 0.298 e. The van der Waals surface area contributed by atoms with Crippen LogP contribution in [0.3, 0.4) is 0 Å². The van der Waals surface area contributed by atoms with E-state index in [1.807, 2.05) is 30.5 Å². The van der Waals surface area contributed by atoms with E-state index in [9.17, 15) is 14.9 Å². The molecule has 0 fully saturated rings. The number of hydrazone groups is 1. The van der Waals surface area contributed by atoms with Crippen molar-refractivity contribution in [3.63, 3.8) is 0 Å². The van der Waals surface area contributed by atoms with E-state index < -0.39 is 11.1 Å². The number of amides is 1. The van der Waals surface area contributed by atoms with Crippen molar-refractivity contribution < 1.29 is 9.72 Å². The average Bonchev–Trinajstić information content (AvgIpc) is 2.67. The van der Waals surface area contributed by atoms with Gasteiger partial charge in [0.05, 0.1) is 10.3 Å². The molecule has 1 N–H and O–H groups in total. The van der Waals surface area contributed by atoms with Crippen molar-refractivity contribution in [3.05, 3.63) is 74.8 Å². The predicted octanol–water partition coefficient (Wildman–Crippen LogP) is 1.10. The Morgan fingerprint density at radius 3 is 2.62 bits per heavy atom. The zero-order valence-electron chi connectivity index (χ0n) is 13.6. The Morgan fingerprint density at radius 1 is 1.19 bits per heavy atom. The van der Waals surface area contributed by atoms with Crippen molar-refractivity contribution in [1.82, 2.24) is 10.3 Å². The van der Waals surface area contributed by atoms with Gasteiger partial charge in [0, 0.05) is 17.4 Å². The summed E-state index contributed by atoms with van der Waals surface area (Å²) in [7, 11) is 0. The molecule has 2 aliphatic heterocycles. The highest BCUT2D eigenvalue weighted by molar-refractivity contribution is 8.13. The first-order valence-corrected chi connectivity index (χ1v) is 8.95. The number of thioether (sulfide) groups is 1. The highest BCUT2D eigenvalue weighted by Gasteiger charge is 2.34. The third-order valence-electron chi connectivity index (χ3n) is 4.11. The maximum atomic E-state index is 12.7. The third-order valence-corrected chi connectivity index (χ3v) is 4.68. The van der Waals surface area contributed by atoms with E-state index in [0.29, 0.717) is 27.0 Å². The molecule has 1 atom stereocenters. The number of carbonyl (C=O) groups is 1. The summed E-state index contributed by atoms with van der Waals surface area (Å²) < 4.78 is 0. The Kier molecular flexibility index (Phi) is 3.92. The van der Waals surface area contributed by atoms with E-state index in [4.69, 9.17) is 4.99 Å². The number of para-hydroxylation sites is 1. The molecule has 130 valence electrons. The van der Waals surface area contributed by atoms with Gasteiger partial charge in [-0.25, -0.2) is 5.01 Å². The van der Waals surface area contributed by atoms with Gasteiger partial charge in [-0.3, -0.25) is 25.2 Å². The number of benzene rings is 2. The van der Waals surface area contributed by atoms with Crippen LogP contribution in [0.15, 0.2) is 58.6 Å². The Morgan fingerprint density at radius 2 is 1.92 bits per heavy atom. The molecule has 0 unspecified atom stereocenters. The summed E-state index contributed by atoms with van der Waals surface area (Å²) in [5, 5.41) is 21.6. The highest BCUT2D eigenvalue weighted by atomic mass is 32.2. The number of amidine groups is 1. The predicted molar refractivity (Wildman–Crippen MR) is 97.4 cm³/mol. The molecule has 4 rings (SSSR count). The highest BCUT2D eigenvalue weighted by Crippen LogP contribution is 2.31. The van der Waals surface area contributed by atoms with Gasteiger partial charge in [-0.1, -0.05) is 30.0 Å². The van der Waals surface area contributed by atoms with Crippen LogP contribution in [-0.4, -0.2) is 27.3 Å². The zero-order valence-corrected chi connectivity index (χ0v) is 14.4. The van der Waals surface area contributed by atoms with Gasteiger partial charge < -0.3 is 0 Å². The Balaban J connectivity index is 1.91. The normalized spacial score (nSPS) is 18.3. The molecule has 0 aliphatic carbocycles. The molecule has 2 heterocycles. The van der Waals surface area contributed by atoms with Crippen LogP contribution in [0.2, 0.25) is 0 Å². The van der Waals surface area contributed by atoms with E-state index in [-0.39, 0.29) is 11.6 Å². The summed E-state index contributed by atoms with van der Waals surface area (Å²) in [6, 6.07) is 13.5. The molecule has 0 aromatic heterocycles. The number of non-ortho nitro benzene ring substituents is 1. The quantitative estimate of drug-likeness (QED) is 0.633. The summed E-state index contributed by atoms with van der Waals surface area (Å²) in [6.07, 6.45) is 1.24. The van der Waals surface area contributed by atoms with E-state index in [0.717, 1.165) is 0 Å². The molecule has 0 saturated heterocycles. The van der Waals surface area contributed by atoms with E-state index in [1.165, 1.54) is 23.9 Å². The number of rotatable bonds is 2. The number of nitro groups is 1. The number of carbonyl (C=O) groups excluding carboxylic acids is 1. The lowest BCUT2D eigenvalue weighted by Gasteiger charge is -2.33. The van der Waals surface area contributed by atoms with Crippen molar-refractivity contribution in [3.8, 4) is 0 Å². The second kappa shape index (κ2) is 6.26. The van der Waals surface area contributed by atoms with Gasteiger partial charge >= 0.3 is 0 Å². The van der Waals surface area contributed by atoms with Gasteiger partial charge in [-0.15, -0.1) is 5.10 Å². The van der Waals surface area contributed by atoms with Crippen LogP contribution >= 0.6 is 11.8 Å². The summed E-state index contributed by atoms with van der Waals surface area (Å²) in [5.74, 6) is -0.251. The number of nitrogens with one attached hydrogen (secondary N) is 1. The third kappa shape index (κ3) is 2.62. The minimum Gasteiger partial charge on any atom is -0.298 e. The molecule has 2 aliphatic rings. The molecule has 2 aromatic carbocycles. The molecular weight excluding hydrogens is 354 g/mol. The smallest absolute Gasteiger partial charge is 0.276 e. The molecule has 0 bridgehead atoms. The number of nitrogens with zero attached hydrogens (tertiary/aromatic N) is 4. The SMILES string of the molecule is CSC1=NN2C(=c3ccccc3=N[C@@H]2c2ccc([N+](=O)[O-])cc2)C(=O)N1. The van der Waals surface area contributed by atoms with Gasteiger partial charge in [0.2, 0.25) is 0 Å². The van der Waals surface area contributed by atoms with Gasteiger partial charge in [0.15, 0.2) is 11.3 Å². The lowest BCUT2D eigenvalue weighted by Crippen LogP contribution is -2.50. The first kappa shape index (κ1) is 16.3. The monoisotopic (exact) mass is 367 g/mol. The maximum absolute atomic E-state index is 12.7. The molecule has 0 saturated carbocycles. The molecule has 2 aromatic rings. The van der Waals surface area contributed by atoms with Gasteiger partial charge in [0.25, 0.3) is 11.6 Å². The molecule has 8 nitrogen and oxygen atoms in total. The number of fused-ring (bicyclic) bond motifs is 2. The fourth-order valence-corrected chi connectivity index (χ4v) is 3.27. The second-order valence-corrected chi connectivity index (χ2v) is 6.42. The fourth-order valence-electron chi connectivity index (χ4n) is 2.90.